The highest BCUT2D eigenvalue weighted by Crippen LogP contribution is 2.30. The molecule has 1 aromatic rings. The topological polar surface area (TPSA) is 17.1 Å². The Hall–Kier alpha value is -1.11. The van der Waals surface area contributed by atoms with E-state index in [1.165, 1.54) is 49.7 Å². The molecule has 110 valence electrons. The van der Waals surface area contributed by atoms with Gasteiger partial charge in [-0.1, -0.05) is 44.0 Å². The maximum absolute atomic E-state index is 10.7. The molecule has 1 aliphatic rings. The first-order chi connectivity index (χ1) is 9.81. The molecule has 1 nitrogen and oxygen atoms in total. The molecule has 0 N–H and O–H groups in total. The summed E-state index contributed by atoms with van der Waals surface area (Å²) in [4.78, 5) is 10.7. The van der Waals surface area contributed by atoms with Gasteiger partial charge in [0.15, 0.2) is 0 Å². The second-order valence-corrected chi connectivity index (χ2v) is 6.33. The van der Waals surface area contributed by atoms with Crippen LogP contribution in [0, 0.1) is 11.8 Å². The normalized spacial score (nSPS) is 22.6. The fourth-order valence-electron chi connectivity index (χ4n) is 3.32. The van der Waals surface area contributed by atoms with Crippen molar-refractivity contribution in [3.8, 4) is 0 Å². The largest absolute Gasteiger partial charge is 0.303 e. The van der Waals surface area contributed by atoms with Crippen LogP contribution in [0.5, 0.6) is 0 Å². The number of unbranched alkanes of at least 4 members (excludes halogenated alkanes) is 1. The van der Waals surface area contributed by atoms with Crippen molar-refractivity contribution in [2.45, 2.75) is 64.7 Å². The molecule has 1 aromatic carbocycles. The van der Waals surface area contributed by atoms with Crippen LogP contribution in [0.25, 0.3) is 0 Å². The van der Waals surface area contributed by atoms with Crippen molar-refractivity contribution in [3.63, 3.8) is 0 Å². The van der Waals surface area contributed by atoms with Gasteiger partial charge in [0, 0.05) is 5.92 Å². The van der Waals surface area contributed by atoms with Crippen LogP contribution in [0.4, 0.5) is 0 Å². The summed E-state index contributed by atoms with van der Waals surface area (Å²) < 4.78 is 0. The zero-order chi connectivity index (χ0) is 14.2. The molecule has 0 spiro atoms. The highest BCUT2D eigenvalue weighted by Gasteiger charge is 2.19. The molecule has 0 unspecified atom stereocenters. The number of hydrogen-bond donors (Lipinski definition) is 0. The van der Waals surface area contributed by atoms with Crippen LogP contribution in [0.15, 0.2) is 24.3 Å². The van der Waals surface area contributed by atoms with Gasteiger partial charge in [-0.15, -0.1) is 0 Å². The molecule has 0 aliphatic heterocycles. The Bertz CT molecular complexity index is 385. The van der Waals surface area contributed by atoms with Crippen LogP contribution < -0.4 is 0 Å². The predicted octanol–water partition coefficient (Wildman–Crippen LogP) is 4.97. The lowest BCUT2D eigenvalue weighted by Gasteiger charge is -2.25. The van der Waals surface area contributed by atoms with Gasteiger partial charge in [0.2, 0.25) is 0 Å². The first kappa shape index (κ1) is 15.3. The fraction of sp³-hybridized carbons (Fsp3) is 0.632. The average Bonchev–Trinajstić information content (AvgIpc) is 2.53. The maximum Gasteiger partial charge on any atom is 0.123 e. The lowest BCUT2D eigenvalue weighted by molar-refractivity contribution is -0.112. The minimum atomic E-state index is 0.364. The first-order valence-electron chi connectivity index (χ1n) is 8.35. The second kappa shape index (κ2) is 8.24. The molecule has 1 aliphatic carbocycles. The van der Waals surface area contributed by atoms with Crippen LogP contribution in [-0.2, 0) is 17.6 Å². The fourth-order valence-corrected chi connectivity index (χ4v) is 3.32. The van der Waals surface area contributed by atoms with Crippen molar-refractivity contribution in [2.75, 3.05) is 0 Å². The van der Waals surface area contributed by atoms with E-state index in [1.807, 2.05) is 0 Å². The van der Waals surface area contributed by atoms with Gasteiger partial charge in [-0.25, -0.2) is 0 Å². The molecule has 0 heterocycles. The van der Waals surface area contributed by atoms with E-state index in [0.29, 0.717) is 5.92 Å². The number of rotatable bonds is 7. The Morgan fingerprint density at radius 1 is 1.00 bits per heavy atom. The van der Waals surface area contributed by atoms with Gasteiger partial charge < -0.3 is 4.79 Å². The van der Waals surface area contributed by atoms with Gasteiger partial charge in [-0.3, -0.25) is 0 Å². The molecule has 2 rings (SSSR count). The van der Waals surface area contributed by atoms with Crippen molar-refractivity contribution in [2.24, 2.45) is 11.8 Å². The van der Waals surface area contributed by atoms with Gasteiger partial charge in [-0.2, -0.15) is 0 Å². The third kappa shape index (κ3) is 4.77. The van der Waals surface area contributed by atoms with Crippen LogP contribution in [0.2, 0.25) is 0 Å². The van der Waals surface area contributed by atoms with Crippen LogP contribution >= 0.6 is 0 Å². The predicted molar refractivity (Wildman–Crippen MR) is 84.9 cm³/mol. The molecule has 0 aromatic heterocycles. The molecule has 0 saturated heterocycles. The molecule has 1 fully saturated rings. The maximum atomic E-state index is 10.7. The average molecular weight is 272 g/mol. The minimum Gasteiger partial charge on any atom is -0.303 e. The van der Waals surface area contributed by atoms with Crippen molar-refractivity contribution >= 4 is 6.29 Å². The monoisotopic (exact) mass is 272 g/mol. The smallest absolute Gasteiger partial charge is 0.123 e. The minimum absolute atomic E-state index is 0.364. The van der Waals surface area contributed by atoms with Crippen molar-refractivity contribution < 1.29 is 4.79 Å². The van der Waals surface area contributed by atoms with Crippen molar-refractivity contribution in [3.05, 3.63) is 35.4 Å². The highest BCUT2D eigenvalue weighted by atomic mass is 16.1. The Kier molecular flexibility index (Phi) is 6.29. The van der Waals surface area contributed by atoms with E-state index in [-0.39, 0.29) is 0 Å². The lowest BCUT2D eigenvalue weighted by Crippen LogP contribution is -2.15. The zero-order valence-electron chi connectivity index (χ0n) is 12.8. The molecule has 20 heavy (non-hydrogen) atoms. The number of benzene rings is 1. The summed E-state index contributed by atoms with van der Waals surface area (Å²) in [6, 6.07) is 9.09. The van der Waals surface area contributed by atoms with E-state index in [0.717, 1.165) is 31.5 Å². The summed E-state index contributed by atoms with van der Waals surface area (Å²) in [6.45, 7) is 2.20. The van der Waals surface area contributed by atoms with Crippen molar-refractivity contribution in [1.29, 1.82) is 0 Å². The summed E-state index contributed by atoms with van der Waals surface area (Å²) in [5, 5.41) is 0. The number of carbonyl (C=O) groups excluding carboxylic acids is 1. The van der Waals surface area contributed by atoms with E-state index in [2.05, 4.69) is 31.2 Å². The Labute approximate surface area is 123 Å². The Balaban J connectivity index is 1.60. The molecule has 0 atom stereocenters. The number of carbonyl (C=O) groups is 1. The molecule has 1 saturated carbocycles. The van der Waals surface area contributed by atoms with Gasteiger partial charge in [-0.05, 0) is 62.0 Å². The summed E-state index contributed by atoms with van der Waals surface area (Å²) in [6.07, 6.45) is 12.3. The molecule has 1 heteroatoms. The van der Waals surface area contributed by atoms with E-state index in [1.54, 1.807) is 0 Å². The van der Waals surface area contributed by atoms with Crippen LogP contribution in [0.1, 0.15) is 63.0 Å². The zero-order valence-corrected chi connectivity index (χ0v) is 12.8. The van der Waals surface area contributed by atoms with E-state index >= 15 is 0 Å². The lowest BCUT2D eigenvalue weighted by atomic mass is 9.80. The van der Waals surface area contributed by atoms with Crippen LogP contribution in [-0.4, -0.2) is 6.29 Å². The van der Waals surface area contributed by atoms with Gasteiger partial charge in [0.1, 0.15) is 6.29 Å². The third-order valence-corrected chi connectivity index (χ3v) is 4.84. The van der Waals surface area contributed by atoms with E-state index < -0.39 is 0 Å². The molecular weight excluding hydrogens is 244 g/mol. The third-order valence-electron chi connectivity index (χ3n) is 4.84. The highest BCUT2D eigenvalue weighted by molar-refractivity contribution is 5.53. The quantitative estimate of drug-likeness (QED) is 0.506. The van der Waals surface area contributed by atoms with Crippen LogP contribution in [0.3, 0.4) is 0 Å². The summed E-state index contributed by atoms with van der Waals surface area (Å²) in [5.41, 5.74) is 2.91. The summed E-state index contributed by atoms with van der Waals surface area (Å²) >= 11 is 0. The number of aldehydes is 1. The van der Waals surface area contributed by atoms with Crippen molar-refractivity contribution in [1.82, 2.24) is 0 Å². The molecule has 0 amide bonds. The van der Waals surface area contributed by atoms with Gasteiger partial charge >= 0.3 is 0 Å². The second-order valence-electron chi connectivity index (χ2n) is 6.33. The summed E-state index contributed by atoms with van der Waals surface area (Å²) in [7, 11) is 0. The standard InChI is InChI=1S/C19H28O/c1-2-16-7-9-17(10-8-16)5-3-4-6-18-11-13-19(15-20)14-12-18/h7-10,15,18-19H,2-6,11-14H2,1H3. The molecule has 0 bridgehead atoms. The Morgan fingerprint density at radius 3 is 2.25 bits per heavy atom. The van der Waals surface area contributed by atoms with Gasteiger partial charge in [0.05, 0.1) is 0 Å². The first-order valence-corrected chi connectivity index (χ1v) is 8.35. The van der Waals surface area contributed by atoms with E-state index in [4.69, 9.17) is 0 Å². The Morgan fingerprint density at radius 2 is 1.65 bits per heavy atom. The van der Waals surface area contributed by atoms with Gasteiger partial charge in [0.25, 0.3) is 0 Å². The molecular formula is C19H28O. The number of aryl methyl sites for hydroxylation is 2. The SMILES string of the molecule is CCc1ccc(CCCCC2CCC(C=O)CC2)cc1. The molecule has 0 radical (unpaired) electrons. The number of hydrogen-bond acceptors (Lipinski definition) is 1. The van der Waals surface area contributed by atoms with E-state index in [9.17, 15) is 4.79 Å². The summed E-state index contributed by atoms with van der Waals surface area (Å²) in [5.74, 6) is 1.25.